The molecule has 1 atom stereocenters. The second kappa shape index (κ2) is 8.32. The van der Waals surface area contributed by atoms with E-state index in [4.69, 9.17) is 9.78 Å². The van der Waals surface area contributed by atoms with Crippen LogP contribution < -0.4 is 5.32 Å². The molecule has 8 heteroatoms. The second-order valence-corrected chi connectivity index (χ2v) is 5.66. The van der Waals surface area contributed by atoms with Gasteiger partial charge in [-0.05, 0) is 20.8 Å². The lowest BCUT2D eigenvalue weighted by Crippen LogP contribution is -2.33. The van der Waals surface area contributed by atoms with Crippen LogP contribution in [0.1, 0.15) is 19.6 Å². The van der Waals surface area contributed by atoms with Gasteiger partial charge in [-0.3, -0.25) is 9.59 Å². The minimum Gasteiger partial charge on any atom is -0.360 e. The molecule has 21 heavy (non-hydrogen) atoms. The Morgan fingerprint density at radius 2 is 2.33 bits per heavy atom. The van der Waals surface area contributed by atoms with E-state index in [1.54, 1.807) is 19.9 Å². The van der Waals surface area contributed by atoms with Gasteiger partial charge in [-0.15, -0.1) is 11.8 Å². The molecular formula is C13H18N4O3S. The zero-order valence-corrected chi connectivity index (χ0v) is 13.1. The summed E-state index contributed by atoms with van der Waals surface area (Å²) in [7, 11) is 0. The standard InChI is InChI=1S/C13H18N4O3S/c1-4-17(6-5-14)12(18)8-21-10(3)13(19)15-11-7-9(2)20-16-11/h7,10H,4,6,8H2,1-3H3,(H,15,16,19). The number of hydrogen-bond donors (Lipinski definition) is 1. The monoisotopic (exact) mass is 310 g/mol. The Morgan fingerprint density at radius 3 is 2.86 bits per heavy atom. The SMILES string of the molecule is CCN(CC#N)C(=O)CSC(C)C(=O)Nc1cc(C)on1. The van der Waals surface area contributed by atoms with Crippen LogP contribution in [0.4, 0.5) is 5.82 Å². The third-order valence-corrected chi connectivity index (χ3v) is 3.83. The van der Waals surface area contributed by atoms with Gasteiger partial charge in [0.15, 0.2) is 5.82 Å². The lowest BCUT2D eigenvalue weighted by atomic mass is 10.4. The molecule has 1 heterocycles. The van der Waals surface area contributed by atoms with Crippen LogP contribution in [0, 0.1) is 18.3 Å². The van der Waals surface area contributed by atoms with Gasteiger partial charge >= 0.3 is 0 Å². The van der Waals surface area contributed by atoms with E-state index in [1.807, 2.05) is 13.0 Å². The average molecular weight is 310 g/mol. The predicted octanol–water partition coefficient (Wildman–Crippen LogP) is 1.42. The Balaban J connectivity index is 2.42. The number of anilines is 1. The van der Waals surface area contributed by atoms with Crippen LogP contribution in [0.5, 0.6) is 0 Å². The largest absolute Gasteiger partial charge is 0.360 e. The molecule has 1 unspecified atom stereocenters. The van der Waals surface area contributed by atoms with Gasteiger partial charge in [0.05, 0.1) is 17.1 Å². The van der Waals surface area contributed by atoms with Crippen molar-refractivity contribution >= 4 is 29.4 Å². The van der Waals surface area contributed by atoms with Crippen molar-refractivity contribution in [2.24, 2.45) is 0 Å². The summed E-state index contributed by atoms with van der Waals surface area (Å²) in [6.07, 6.45) is 0. The first-order valence-corrected chi connectivity index (χ1v) is 7.53. The van der Waals surface area contributed by atoms with Crippen molar-refractivity contribution in [1.29, 1.82) is 5.26 Å². The Bertz CT molecular complexity index is 538. The predicted molar refractivity (Wildman–Crippen MR) is 79.7 cm³/mol. The highest BCUT2D eigenvalue weighted by atomic mass is 32.2. The molecule has 1 N–H and O–H groups in total. The maximum absolute atomic E-state index is 11.9. The molecule has 0 radical (unpaired) electrons. The molecule has 114 valence electrons. The Labute approximate surface area is 127 Å². The summed E-state index contributed by atoms with van der Waals surface area (Å²) in [5.41, 5.74) is 0. The first-order chi connectivity index (χ1) is 9.97. The average Bonchev–Trinajstić information content (AvgIpc) is 2.86. The number of rotatable bonds is 7. The van der Waals surface area contributed by atoms with Crippen LogP contribution in [0.2, 0.25) is 0 Å². The Kier molecular flexibility index (Phi) is 6.75. The van der Waals surface area contributed by atoms with E-state index >= 15 is 0 Å². The fraction of sp³-hybridized carbons (Fsp3) is 0.538. The molecule has 0 fully saturated rings. The van der Waals surface area contributed by atoms with Crippen molar-refractivity contribution in [3.05, 3.63) is 11.8 Å². The Hall–Kier alpha value is -2.01. The summed E-state index contributed by atoms with van der Waals surface area (Å²) in [4.78, 5) is 25.2. The molecule has 0 bridgehead atoms. The number of aryl methyl sites for hydroxylation is 1. The fourth-order valence-electron chi connectivity index (χ4n) is 1.48. The number of nitrogens with one attached hydrogen (secondary N) is 1. The molecule has 0 aliphatic carbocycles. The molecule has 0 aliphatic heterocycles. The molecule has 0 aromatic carbocycles. The van der Waals surface area contributed by atoms with Gasteiger partial charge in [-0.2, -0.15) is 5.26 Å². The van der Waals surface area contributed by atoms with Gasteiger partial charge in [-0.1, -0.05) is 5.16 Å². The van der Waals surface area contributed by atoms with E-state index < -0.39 is 5.25 Å². The smallest absolute Gasteiger partial charge is 0.238 e. The zero-order chi connectivity index (χ0) is 15.8. The van der Waals surface area contributed by atoms with Gasteiger partial charge in [0.25, 0.3) is 0 Å². The van der Waals surface area contributed by atoms with Crippen molar-refractivity contribution in [1.82, 2.24) is 10.1 Å². The zero-order valence-electron chi connectivity index (χ0n) is 12.3. The molecule has 7 nitrogen and oxygen atoms in total. The third kappa shape index (κ3) is 5.47. The lowest BCUT2D eigenvalue weighted by molar-refractivity contribution is -0.127. The number of aromatic nitrogens is 1. The maximum atomic E-state index is 11.9. The molecular weight excluding hydrogens is 292 g/mol. The van der Waals surface area contributed by atoms with E-state index in [-0.39, 0.29) is 24.1 Å². The summed E-state index contributed by atoms with van der Waals surface area (Å²) in [5, 5.41) is 14.5. The topological polar surface area (TPSA) is 99.2 Å². The summed E-state index contributed by atoms with van der Waals surface area (Å²) < 4.78 is 4.85. The molecule has 1 aromatic rings. The quantitative estimate of drug-likeness (QED) is 0.765. The van der Waals surface area contributed by atoms with Crippen LogP contribution in [0.15, 0.2) is 10.6 Å². The molecule has 0 saturated carbocycles. The van der Waals surface area contributed by atoms with Crippen molar-refractivity contribution < 1.29 is 14.1 Å². The molecule has 1 rings (SSSR count). The summed E-state index contributed by atoms with van der Waals surface area (Å²) >= 11 is 1.22. The highest BCUT2D eigenvalue weighted by Gasteiger charge is 2.18. The molecule has 0 aliphatic rings. The van der Waals surface area contributed by atoms with Crippen molar-refractivity contribution in [2.45, 2.75) is 26.0 Å². The van der Waals surface area contributed by atoms with E-state index in [9.17, 15) is 9.59 Å². The van der Waals surface area contributed by atoms with Crippen LogP contribution >= 0.6 is 11.8 Å². The van der Waals surface area contributed by atoms with Crippen LogP contribution in [0.25, 0.3) is 0 Å². The van der Waals surface area contributed by atoms with Crippen molar-refractivity contribution in [2.75, 3.05) is 24.2 Å². The van der Waals surface area contributed by atoms with E-state index in [0.717, 1.165) is 0 Å². The van der Waals surface area contributed by atoms with Gasteiger partial charge in [0.1, 0.15) is 12.3 Å². The molecule has 0 spiro atoms. The number of nitrogens with zero attached hydrogens (tertiary/aromatic N) is 3. The van der Waals surface area contributed by atoms with Crippen LogP contribution in [0.3, 0.4) is 0 Å². The number of thioether (sulfide) groups is 1. The summed E-state index contributed by atoms with van der Waals surface area (Å²) in [6, 6.07) is 3.56. The fourth-order valence-corrected chi connectivity index (χ4v) is 2.26. The van der Waals surface area contributed by atoms with E-state index in [1.165, 1.54) is 16.7 Å². The minimum absolute atomic E-state index is 0.0642. The molecule has 2 amide bonds. The number of nitriles is 1. The lowest BCUT2D eigenvalue weighted by Gasteiger charge is -2.18. The first-order valence-electron chi connectivity index (χ1n) is 6.48. The summed E-state index contributed by atoms with van der Waals surface area (Å²) in [5.74, 6) is 0.722. The van der Waals surface area contributed by atoms with Gasteiger partial charge < -0.3 is 14.7 Å². The van der Waals surface area contributed by atoms with Crippen LogP contribution in [-0.2, 0) is 9.59 Å². The highest BCUT2D eigenvalue weighted by Crippen LogP contribution is 2.15. The first kappa shape index (κ1) is 17.0. The van der Waals surface area contributed by atoms with Gasteiger partial charge in [0, 0.05) is 12.6 Å². The normalized spacial score (nSPS) is 11.5. The third-order valence-electron chi connectivity index (χ3n) is 2.70. The maximum Gasteiger partial charge on any atom is 0.238 e. The number of amides is 2. The van der Waals surface area contributed by atoms with Crippen molar-refractivity contribution in [3.8, 4) is 6.07 Å². The number of carbonyl (C=O) groups excluding carboxylic acids is 2. The van der Waals surface area contributed by atoms with E-state index in [0.29, 0.717) is 18.1 Å². The molecule has 0 saturated heterocycles. The Morgan fingerprint density at radius 1 is 1.62 bits per heavy atom. The van der Waals surface area contributed by atoms with Gasteiger partial charge in [-0.25, -0.2) is 0 Å². The minimum atomic E-state index is -0.410. The second-order valence-electron chi connectivity index (χ2n) is 4.33. The highest BCUT2D eigenvalue weighted by molar-refractivity contribution is 8.01. The number of hydrogen-bond acceptors (Lipinski definition) is 6. The summed E-state index contributed by atoms with van der Waals surface area (Å²) in [6.45, 7) is 5.79. The molecule has 1 aromatic heterocycles. The number of carbonyl (C=O) groups is 2. The van der Waals surface area contributed by atoms with Gasteiger partial charge in [0.2, 0.25) is 11.8 Å². The van der Waals surface area contributed by atoms with Crippen LogP contribution in [-0.4, -0.2) is 46.0 Å². The van der Waals surface area contributed by atoms with E-state index in [2.05, 4.69) is 10.5 Å². The van der Waals surface area contributed by atoms with Crippen molar-refractivity contribution in [3.63, 3.8) is 0 Å².